The molecular weight excluding hydrogens is 208 g/mol. The Morgan fingerprint density at radius 2 is 2.07 bits per heavy atom. The van der Waals surface area contributed by atoms with Crippen LogP contribution >= 0.6 is 11.8 Å². The van der Waals surface area contributed by atoms with Gasteiger partial charge in [-0.2, -0.15) is 4.91 Å². The maximum Gasteiger partial charge on any atom is 0.321 e. The van der Waals surface area contributed by atoms with E-state index in [4.69, 9.17) is 10.8 Å². The lowest BCUT2D eigenvalue weighted by Crippen LogP contribution is -2.47. The molecular formula is C7H12N2O4S. The third-order valence-electron chi connectivity index (χ3n) is 1.59. The summed E-state index contributed by atoms with van der Waals surface area (Å²) in [7, 11) is 0. The highest BCUT2D eigenvalue weighted by molar-refractivity contribution is 8.14. The molecule has 0 aliphatic rings. The highest BCUT2D eigenvalue weighted by atomic mass is 32.2. The van der Waals surface area contributed by atoms with Gasteiger partial charge in [-0.1, -0.05) is 16.9 Å². The summed E-state index contributed by atoms with van der Waals surface area (Å²) >= 11 is 0.724. The number of nitroso groups, excluding NO2 is 1. The number of carboxylic acids is 1. The predicted octanol–water partition coefficient (Wildman–Crippen LogP) is 0.203. The van der Waals surface area contributed by atoms with Crippen LogP contribution in [0.3, 0.4) is 0 Å². The second-order valence-corrected chi connectivity index (χ2v) is 4.89. The smallest absolute Gasteiger partial charge is 0.321 e. The lowest BCUT2D eigenvalue weighted by molar-refractivity contribution is -0.139. The lowest BCUT2D eigenvalue weighted by Gasteiger charge is -2.26. The van der Waals surface area contributed by atoms with Crippen LogP contribution in [0.1, 0.15) is 13.8 Å². The van der Waals surface area contributed by atoms with Crippen molar-refractivity contribution in [2.75, 3.05) is 6.54 Å². The van der Waals surface area contributed by atoms with Gasteiger partial charge >= 0.3 is 5.97 Å². The van der Waals surface area contributed by atoms with Gasteiger partial charge in [0, 0.05) is 4.75 Å². The number of rotatable bonds is 5. The second kappa shape index (κ2) is 5.06. The van der Waals surface area contributed by atoms with E-state index in [-0.39, 0.29) is 0 Å². The molecule has 0 rings (SSSR count). The number of aliphatic carboxylic acids is 1. The molecule has 0 aromatic heterocycles. The number of thioether (sulfide) groups is 1. The number of hydrogen-bond donors (Lipinski definition) is 2. The Kier molecular flexibility index (Phi) is 4.72. The van der Waals surface area contributed by atoms with Crippen molar-refractivity contribution < 1.29 is 14.7 Å². The molecule has 3 N–H and O–H groups in total. The Balaban J connectivity index is 4.39. The Morgan fingerprint density at radius 1 is 1.57 bits per heavy atom. The fourth-order valence-corrected chi connectivity index (χ4v) is 1.67. The van der Waals surface area contributed by atoms with E-state index in [1.807, 2.05) is 0 Å². The molecule has 0 saturated carbocycles. The topological polar surface area (TPSA) is 110 Å². The molecule has 0 amide bonds. The van der Waals surface area contributed by atoms with Crippen molar-refractivity contribution in [1.82, 2.24) is 0 Å². The fourth-order valence-electron chi connectivity index (χ4n) is 0.739. The monoisotopic (exact) mass is 220 g/mol. The van der Waals surface area contributed by atoms with Gasteiger partial charge in [-0.15, -0.1) is 0 Å². The van der Waals surface area contributed by atoms with Crippen molar-refractivity contribution in [3.8, 4) is 0 Å². The third-order valence-corrected chi connectivity index (χ3v) is 2.72. The van der Waals surface area contributed by atoms with Gasteiger partial charge in [0.15, 0.2) is 0 Å². The average molecular weight is 220 g/mol. The second-order valence-electron chi connectivity index (χ2n) is 3.18. The van der Waals surface area contributed by atoms with Gasteiger partial charge < -0.3 is 10.8 Å². The van der Waals surface area contributed by atoms with Crippen LogP contribution in [0.25, 0.3) is 0 Å². The molecule has 0 heterocycles. The van der Waals surface area contributed by atoms with Crippen molar-refractivity contribution >= 4 is 22.8 Å². The van der Waals surface area contributed by atoms with Crippen LogP contribution in [0.2, 0.25) is 0 Å². The Bertz CT molecular complexity index is 254. The van der Waals surface area contributed by atoms with Crippen LogP contribution in [-0.4, -0.2) is 33.5 Å². The largest absolute Gasteiger partial charge is 0.480 e. The first-order chi connectivity index (χ1) is 6.31. The Labute approximate surface area is 85.2 Å². The van der Waals surface area contributed by atoms with E-state index in [2.05, 4.69) is 5.18 Å². The van der Waals surface area contributed by atoms with Crippen LogP contribution in [0.4, 0.5) is 0 Å². The summed E-state index contributed by atoms with van der Waals surface area (Å²) in [5, 5.41) is 10.6. The van der Waals surface area contributed by atoms with Crippen molar-refractivity contribution in [3.05, 3.63) is 4.91 Å². The summed E-state index contributed by atoms with van der Waals surface area (Å²) in [6.45, 7) is 2.58. The van der Waals surface area contributed by atoms with Crippen molar-refractivity contribution in [2.24, 2.45) is 10.9 Å². The number of carboxylic acid groups (broad SMARTS) is 1. The first kappa shape index (κ1) is 13.1. The maximum absolute atomic E-state index is 11.0. The molecule has 1 atom stereocenters. The molecule has 0 bridgehead atoms. The van der Waals surface area contributed by atoms with Crippen LogP contribution < -0.4 is 5.73 Å². The van der Waals surface area contributed by atoms with E-state index in [0.29, 0.717) is 0 Å². The summed E-state index contributed by atoms with van der Waals surface area (Å²) in [6.07, 6.45) is 0. The van der Waals surface area contributed by atoms with Crippen LogP contribution in [0.5, 0.6) is 0 Å². The summed E-state index contributed by atoms with van der Waals surface area (Å²) in [5.74, 6) is -1.19. The minimum Gasteiger partial charge on any atom is -0.480 e. The molecule has 0 aliphatic carbocycles. The average Bonchev–Trinajstić information content (AvgIpc) is 2.02. The van der Waals surface area contributed by atoms with E-state index >= 15 is 0 Å². The first-order valence-corrected chi connectivity index (χ1v) is 4.62. The van der Waals surface area contributed by atoms with Gasteiger partial charge in [-0.05, 0) is 13.8 Å². The quantitative estimate of drug-likeness (QED) is 0.640. The maximum atomic E-state index is 11.0. The van der Waals surface area contributed by atoms with E-state index in [1.165, 1.54) is 13.8 Å². The first-order valence-electron chi connectivity index (χ1n) is 3.80. The fraction of sp³-hybridized carbons (Fsp3) is 0.714. The van der Waals surface area contributed by atoms with Crippen LogP contribution in [-0.2, 0) is 9.59 Å². The predicted molar refractivity (Wildman–Crippen MR) is 53.0 cm³/mol. The molecule has 0 spiro atoms. The van der Waals surface area contributed by atoms with E-state index < -0.39 is 28.4 Å². The van der Waals surface area contributed by atoms with Gasteiger partial charge in [0.2, 0.25) is 5.12 Å². The van der Waals surface area contributed by atoms with Gasteiger partial charge in [0.25, 0.3) is 0 Å². The molecule has 6 nitrogen and oxygen atoms in total. The summed E-state index contributed by atoms with van der Waals surface area (Å²) in [4.78, 5) is 31.3. The SMILES string of the molecule is CC(C)(SC(=O)CN=O)[C@@H](N)C(=O)O. The van der Waals surface area contributed by atoms with Gasteiger partial charge in [-0.25, -0.2) is 0 Å². The Morgan fingerprint density at radius 3 is 2.43 bits per heavy atom. The van der Waals surface area contributed by atoms with Gasteiger partial charge in [0.1, 0.15) is 12.6 Å². The summed E-state index contributed by atoms with van der Waals surface area (Å²) in [5.41, 5.74) is 5.36. The molecule has 0 fully saturated rings. The zero-order chi connectivity index (χ0) is 11.4. The number of carbonyl (C=O) groups is 2. The van der Waals surface area contributed by atoms with Crippen molar-refractivity contribution in [2.45, 2.75) is 24.6 Å². The third kappa shape index (κ3) is 3.84. The molecule has 14 heavy (non-hydrogen) atoms. The zero-order valence-electron chi connectivity index (χ0n) is 7.89. The van der Waals surface area contributed by atoms with Gasteiger partial charge in [-0.3, -0.25) is 9.59 Å². The molecule has 0 aromatic carbocycles. The van der Waals surface area contributed by atoms with E-state index in [1.54, 1.807) is 0 Å². The summed E-state index contributed by atoms with van der Waals surface area (Å²) in [6, 6.07) is -1.16. The lowest BCUT2D eigenvalue weighted by atomic mass is 10.1. The molecule has 0 aromatic rings. The molecule has 7 heteroatoms. The van der Waals surface area contributed by atoms with E-state index in [0.717, 1.165) is 11.8 Å². The number of nitrogens with two attached hydrogens (primary N) is 1. The van der Waals surface area contributed by atoms with Crippen LogP contribution in [0, 0.1) is 4.91 Å². The number of carbonyl (C=O) groups excluding carboxylic acids is 1. The molecule has 0 aliphatic heterocycles. The number of nitrogens with zero attached hydrogens (tertiary/aromatic N) is 1. The molecule has 80 valence electrons. The highest BCUT2D eigenvalue weighted by Crippen LogP contribution is 2.28. The zero-order valence-corrected chi connectivity index (χ0v) is 8.71. The van der Waals surface area contributed by atoms with Crippen molar-refractivity contribution in [3.63, 3.8) is 0 Å². The standard InChI is InChI=1S/C7H12N2O4S/c1-7(2,5(8)6(11)12)14-4(10)3-9-13/h5H,3,8H2,1-2H3,(H,11,12)/t5-/m0/s1. The molecule has 0 radical (unpaired) electrons. The summed E-state index contributed by atoms with van der Waals surface area (Å²) < 4.78 is -0.951. The minimum absolute atomic E-state index is 0.472. The molecule has 0 saturated heterocycles. The van der Waals surface area contributed by atoms with Gasteiger partial charge in [0.05, 0.1) is 0 Å². The number of hydrogen-bond acceptors (Lipinski definition) is 6. The normalized spacial score (nSPS) is 13.4. The van der Waals surface area contributed by atoms with E-state index in [9.17, 15) is 14.5 Å². The van der Waals surface area contributed by atoms with Crippen molar-refractivity contribution in [1.29, 1.82) is 0 Å². The minimum atomic E-state index is -1.19. The Hall–Kier alpha value is -0.950. The highest BCUT2D eigenvalue weighted by Gasteiger charge is 2.34. The molecule has 0 unspecified atom stereocenters. The van der Waals surface area contributed by atoms with Crippen LogP contribution in [0.15, 0.2) is 5.18 Å².